The number of hydrogen-bond acceptors (Lipinski definition) is 4. The Hall–Kier alpha value is -2.33. The van der Waals surface area contributed by atoms with Crippen molar-refractivity contribution in [2.75, 3.05) is 7.05 Å². The van der Waals surface area contributed by atoms with Crippen LogP contribution in [0.2, 0.25) is 0 Å². The summed E-state index contributed by atoms with van der Waals surface area (Å²) in [5.74, 6) is 3.44. The molecule has 0 bridgehead atoms. The number of rotatable bonds is 5. The second-order valence-corrected chi connectivity index (χ2v) is 5.57. The van der Waals surface area contributed by atoms with E-state index in [1.165, 1.54) is 0 Å². The maximum atomic E-state index is 5.79. The molecule has 0 aliphatic heterocycles. The van der Waals surface area contributed by atoms with E-state index in [9.17, 15) is 0 Å². The maximum Gasteiger partial charge on any atom is 0.226 e. The number of oxazole rings is 1. The Balaban J connectivity index is 1.71. The van der Waals surface area contributed by atoms with E-state index < -0.39 is 0 Å². The molecular weight excluding hydrogens is 276 g/mol. The van der Waals surface area contributed by atoms with Gasteiger partial charge in [0.2, 0.25) is 5.89 Å². The Bertz CT molecular complexity index is 744. The zero-order valence-corrected chi connectivity index (χ0v) is 13.2. The lowest BCUT2D eigenvalue weighted by atomic mass is 10.2. The smallest absolute Gasteiger partial charge is 0.226 e. The largest absolute Gasteiger partial charge is 0.465 e. The number of benzene rings is 1. The predicted molar refractivity (Wildman–Crippen MR) is 85.3 cm³/mol. The zero-order valence-electron chi connectivity index (χ0n) is 13.2. The summed E-state index contributed by atoms with van der Waals surface area (Å²) in [5.41, 5.74) is 1.96. The van der Waals surface area contributed by atoms with E-state index in [1.807, 2.05) is 63.4 Å². The van der Waals surface area contributed by atoms with Gasteiger partial charge in [0.1, 0.15) is 17.3 Å². The van der Waals surface area contributed by atoms with E-state index in [4.69, 9.17) is 8.83 Å². The summed E-state index contributed by atoms with van der Waals surface area (Å²) in [6.45, 7) is 5.39. The van der Waals surface area contributed by atoms with Crippen LogP contribution in [-0.4, -0.2) is 16.9 Å². The standard InChI is InChI=1S/C18H20N2O2/c1-13-9-10-16(21-13)11-20(3)12-17-14(2)22-18(19-17)15-7-5-4-6-8-15/h4-10H,11-12H2,1-3H3. The van der Waals surface area contributed by atoms with Crippen molar-refractivity contribution in [1.82, 2.24) is 9.88 Å². The molecule has 1 aromatic carbocycles. The Labute approximate surface area is 130 Å². The third kappa shape index (κ3) is 3.28. The van der Waals surface area contributed by atoms with Crippen LogP contribution in [0.15, 0.2) is 51.3 Å². The average Bonchev–Trinajstić information content (AvgIpc) is 3.07. The molecule has 0 aliphatic rings. The van der Waals surface area contributed by atoms with Crippen molar-refractivity contribution in [3.63, 3.8) is 0 Å². The van der Waals surface area contributed by atoms with E-state index in [0.717, 1.165) is 41.6 Å². The van der Waals surface area contributed by atoms with Gasteiger partial charge in [-0.15, -0.1) is 0 Å². The first-order valence-corrected chi connectivity index (χ1v) is 7.37. The van der Waals surface area contributed by atoms with Crippen molar-refractivity contribution in [2.24, 2.45) is 0 Å². The van der Waals surface area contributed by atoms with Crippen LogP contribution in [0.1, 0.15) is 23.0 Å². The first-order valence-electron chi connectivity index (χ1n) is 7.37. The van der Waals surface area contributed by atoms with E-state index in [0.29, 0.717) is 5.89 Å². The molecule has 0 unspecified atom stereocenters. The van der Waals surface area contributed by atoms with Crippen LogP contribution in [-0.2, 0) is 13.1 Å². The third-order valence-corrected chi connectivity index (χ3v) is 3.55. The first-order chi connectivity index (χ1) is 10.6. The van der Waals surface area contributed by atoms with Gasteiger partial charge in [0, 0.05) is 12.1 Å². The molecule has 114 valence electrons. The fourth-order valence-electron chi connectivity index (χ4n) is 2.43. The van der Waals surface area contributed by atoms with Crippen LogP contribution in [0.25, 0.3) is 11.5 Å². The minimum atomic E-state index is 0.676. The molecular formula is C18H20N2O2. The van der Waals surface area contributed by atoms with Gasteiger partial charge in [-0.2, -0.15) is 0 Å². The maximum absolute atomic E-state index is 5.79. The Kier molecular flexibility index (Phi) is 4.11. The number of aryl methyl sites for hydroxylation is 2. The minimum absolute atomic E-state index is 0.676. The monoisotopic (exact) mass is 296 g/mol. The summed E-state index contributed by atoms with van der Waals surface area (Å²) in [5, 5.41) is 0. The molecule has 0 atom stereocenters. The highest BCUT2D eigenvalue weighted by molar-refractivity contribution is 5.53. The molecule has 2 heterocycles. The molecule has 3 aromatic rings. The molecule has 0 amide bonds. The van der Waals surface area contributed by atoms with Gasteiger partial charge in [0.15, 0.2) is 0 Å². The second kappa shape index (κ2) is 6.20. The predicted octanol–water partition coefficient (Wildman–Crippen LogP) is 4.18. The number of furan rings is 1. The topological polar surface area (TPSA) is 42.4 Å². The molecule has 0 radical (unpaired) electrons. The molecule has 2 aromatic heterocycles. The molecule has 22 heavy (non-hydrogen) atoms. The van der Waals surface area contributed by atoms with Gasteiger partial charge in [-0.25, -0.2) is 4.98 Å². The zero-order chi connectivity index (χ0) is 15.5. The van der Waals surface area contributed by atoms with Gasteiger partial charge in [-0.05, 0) is 45.2 Å². The SMILES string of the molecule is Cc1ccc(CN(C)Cc2nc(-c3ccccc3)oc2C)o1. The van der Waals surface area contributed by atoms with Gasteiger partial charge < -0.3 is 8.83 Å². The average molecular weight is 296 g/mol. The van der Waals surface area contributed by atoms with E-state index in [-0.39, 0.29) is 0 Å². The van der Waals surface area contributed by atoms with E-state index in [1.54, 1.807) is 0 Å². The van der Waals surface area contributed by atoms with Crippen molar-refractivity contribution >= 4 is 0 Å². The molecule has 0 saturated heterocycles. The molecule has 0 saturated carbocycles. The third-order valence-electron chi connectivity index (χ3n) is 3.55. The summed E-state index contributed by atoms with van der Waals surface area (Å²) < 4.78 is 11.4. The lowest BCUT2D eigenvalue weighted by Gasteiger charge is -2.13. The first kappa shape index (κ1) is 14.6. The highest BCUT2D eigenvalue weighted by Gasteiger charge is 2.13. The van der Waals surface area contributed by atoms with Crippen molar-refractivity contribution in [3.8, 4) is 11.5 Å². The molecule has 0 N–H and O–H groups in total. The summed E-state index contributed by atoms with van der Waals surface area (Å²) in [6, 6.07) is 14.0. The molecule has 0 spiro atoms. The summed E-state index contributed by atoms with van der Waals surface area (Å²) >= 11 is 0. The summed E-state index contributed by atoms with van der Waals surface area (Å²) in [7, 11) is 2.05. The van der Waals surface area contributed by atoms with Crippen LogP contribution in [0.5, 0.6) is 0 Å². The van der Waals surface area contributed by atoms with E-state index >= 15 is 0 Å². The summed E-state index contributed by atoms with van der Waals surface area (Å²) in [6.07, 6.45) is 0. The fourth-order valence-corrected chi connectivity index (χ4v) is 2.43. The van der Waals surface area contributed by atoms with Gasteiger partial charge >= 0.3 is 0 Å². The fraction of sp³-hybridized carbons (Fsp3) is 0.278. The van der Waals surface area contributed by atoms with Crippen molar-refractivity contribution in [3.05, 3.63) is 65.4 Å². The second-order valence-electron chi connectivity index (χ2n) is 5.57. The quantitative estimate of drug-likeness (QED) is 0.708. The van der Waals surface area contributed by atoms with Gasteiger partial charge in [-0.1, -0.05) is 18.2 Å². The van der Waals surface area contributed by atoms with E-state index in [2.05, 4.69) is 9.88 Å². The Morgan fingerprint density at radius 2 is 1.73 bits per heavy atom. The van der Waals surface area contributed by atoms with Gasteiger partial charge in [-0.3, -0.25) is 4.90 Å². The van der Waals surface area contributed by atoms with Crippen LogP contribution >= 0.6 is 0 Å². The van der Waals surface area contributed by atoms with Gasteiger partial charge in [0.25, 0.3) is 0 Å². The minimum Gasteiger partial charge on any atom is -0.465 e. The van der Waals surface area contributed by atoms with Crippen LogP contribution in [0.3, 0.4) is 0 Å². The lowest BCUT2D eigenvalue weighted by molar-refractivity contribution is 0.281. The highest BCUT2D eigenvalue weighted by atomic mass is 16.4. The van der Waals surface area contributed by atoms with Crippen molar-refractivity contribution < 1.29 is 8.83 Å². The van der Waals surface area contributed by atoms with Crippen LogP contribution in [0, 0.1) is 13.8 Å². The van der Waals surface area contributed by atoms with Crippen molar-refractivity contribution in [1.29, 1.82) is 0 Å². The molecule has 4 heteroatoms. The van der Waals surface area contributed by atoms with Crippen molar-refractivity contribution in [2.45, 2.75) is 26.9 Å². The number of hydrogen-bond donors (Lipinski definition) is 0. The Morgan fingerprint density at radius 3 is 2.41 bits per heavy atom. The highest BCUT2D eigenvalue weighted by Crippen LogP contribution is 2.22. The van der Waals surface area contributed by atoms with Crippen LogP contribution in [0.4, 0.5) is 0 Å². The van der Waals surface area contributed by atoms with Crippen LogP contribution < -0.4 is 0 Å². The molecule has 0 fully saturated rings. The Morgan fingerprint density at radius 1 is 0.955 bits per heavy atom. The lowest BCUT2D eigenvalue weighted by Crippen LogP contribution is -2.17. The normalized spacial score (nSPS) is 11.3. The number of nitrogens with zero attached hydrogens (tertiary/aromatic N) is 2. The molecule has 0 aliphatic carbocycles. The molecule has 3 rings (SSSR count). The molecule has 4 nitrogen and oxygen atoms in total. The van der Waals surface area contributed by atoms with Gasteiger partial charge in [0.05, 0.1) is 12.2 Å². The summed E-state index contributed by atoms with van der Waals surface area (Å²) in [4.78, 5) is 6.79. The number of aromatic nitrogens is 1.